The summed E-state index contributed by atoms with van der Waals surface area (Å²) in [5, 5.41) is 4.96. The number of carbonyl (C=O) groups is 3. The van der Waals surface area contributed by atoms with Crippen LogP contribution in [0.25, 0.3) is 0 Å². The fraction of sp³-hybridized carbons (Fsp3) is 0.786. The minimum Gasteiger partial charge on any atom is -0.342 e. The van der Waals surface area contributed by atoms with Gasteiger partial charge < -0.3 is 16.0 Å². The number of carbonyl (C=O) groups excluding carboxylic acids is 3. The van der Waals surface area contributed by atoms with Crippen molar-refractivity contribution in [2.24, 2.45) is 17.6 Å². The lowest BCUT2D eigenvalue weighted by Crippen LogP contribution is -2.56. The molecule has 7 heteroatoms. The first-order valence-corrected chi connectivity index (χ1v) is 7.50. The maximum Gasteiger partial charge on any atom is 0.322 e. The fourth-order valence-electron chi connectivity index (χ4n) is 3.11. The van der Waals surface area contributed by atoms with Crippen LogP contribution in [0, 0.1) is 11.8 Å². The molecule has 2 saturated heterocycles. The third kappa shape index (κ3) is 3.18. The Morgan fingerprint density at radius 1 is 1.33 bits per heavy atom. The predicted octanol–water partition coefficient (Wildman–Crippen LogP) is -0.192. The van der Waals surface area contributed by atoms with Crippen LogP contribution in [0.3, 0.4) is 0 Å². The number of rotatable bonds is 4. The Morgan fingerprint density at radius 3 is 2.38 bits per heavy atom. The number of imide groups is 1. The van der Waals surface area contributed by atoms with E-state index in [9.17, 15) is 14.4 Å². The molecule has 0 aliphatic carbocycles. The molecule has 7 nitrogen and oxygen atoms in total. The van der Waals surface area contributed by atoms with Crippen molar-refractivity contribution in [3.05, 3.63) is 0 Å². The Kier molecular flexibility index (Phi) is 4.51. The fourth-order valence-corrected chi connectivity index (χ4v) is 3.11. The van der Waals surface area contributed by atoms with Gasteiger partial charge in [0.05, 0.1) is 5.92 Å². The number of amides is 4. The molecule has 0 aromatic heterocycles. The molecule has 2 fully saturated rings. The maximum absolute atomic E-state index is 12.5. The number of piperidine rings is 1. The van der Waals surface area contributed by atoms with E-state index in [1.807, 2.05) is 0 Å². The van der Waals surface area contributed by atoms with Crippen LogP contribution in [0.1, 0.15) is 33.1 Å². The highest BCUT2D eigenvalue weighted by Gasteiger charge is 2.48. The molecule has 21 heavy (non-hydrogen) atoms. The SMILES string of the molecule is CC(C)CC(CN)C(=O)N1CCC2(CC1)NC(=O)NC2=O. The highest BCUT2D eigenvalue weighted by Crippen LogP contribution is 2.27. The van der Waals surface area contributed by atoms with Gasteiger partial charge >= 0.3 is 6.03 Å². The van der Waals surface area contributed by atoms with Crippen molar-refractivity contribution in [2.45, 2.75) is 38.6 Å². The normalized spacial score (nSPS) is 22.4. The molecular formula is C14H24N4O3. The first-order chi connectivity index (χ1) is 9.88. The monoisotopic (exact) mass is 296 g/mol. The van der Waals surface area contributed by atoms with Gasteiger partial charge in [-0.25, -0.2) is 4.79 Å². The van der Waals surface area contributed by atoms with Crippen LogP contribution in [-0.2, 0) is 9.59 Å². The summed E-state index contributed by atoms with van der Waals surface area (Å²) in [6, 6.07) is -0.445. The summed E-state index contributed by atoms with van der Waals surface area (Å²) in [6.07, 6.45) is 1.68. The van der Waals surface area contributed by atoms with Gasteiger partial charge in [0.25, 0.3) is 5.91 Å². The summed E-state index contributed by atoms with van der Waals surface area (Å²) in [7, 11) is 0. The van der Waals surface area contributed by atoms with Crippen LogP contribution in [0.4, 0.5) is 4.79 Å². The second-order valence-corrected chi connectivity index (χ2v) is 6.38. The standard InChI is InChI=1S/C14H24N4O3/c1-9(2)7-10(8-15)11(19)18-5-3-14(4-6-18)12(20)16-13(21)17-14/h9-10H,3-8,15H2,1-2H3,(H2,16,17,20,21). The Hall–Kier alpha value is -1.63. The lowest BCUT2D eigenvalue weighted by atomic mass is 9.86. The van der Waals surface area contributed by atoms with Crippen LogP contribution in [0.2, 0.25) is 0 Å². The van der Waals surface area contributed by atoms with Gasteiger partial charge in [-0.2, -0.15) is 0 Å². The van der Waals surface area contributed by atoms with Crippen molar-refractivity contribution in [3.63, 3.8) is 0 Å². The third-order valence-electron chi connectivity index (χ3n) is 4.33. The lowest BCUT2D eigenvalue weighted by molar-refractivity contribution is -0.139. The minimum absolute atomic E-state index is 0.0609. The summed E-state index contributed by atoms with van der Waals surface area (Å²) >= 11 is 0. The van der Waals surface area contributed by atoms with Gasteiger partial charge in [-0.15, -0.1) is 0 Å². The van der Waals surface area contributed by atoms with Crippen molar-refractivity contribution in [1.29, 1.82) is 0 Å². The van der Waals surface area contributed by atoms with Crippen molar-refractivity contribution < 1.29 is 14.4 Å². The van der Waals surface area contributed by atoms with Gasteiger partial charge in [0.1, 0.15) is 5.54 Å². The van der Waals surface area contributed by atoms with E-state index < -0.39 is 11.6 Å². The molecule has 2 aliphatic heterocycles. The molecule has 0 bridgehead atoms. The highest BCUT2D eigenvalue weighted by molar-refractivity contribution is 6.07. The Balaban J connectivity index is 1.96. The topological polar surface area (TPSA) is 105 Å². The molecule has 118 valence electrons. The van der Waals surface area contributed by atoms with Gasteiger partial charge in [-0.1, -0.05) is 13.8 Å². The second kappa shape index (κ2) is 6.01. The Labute approximate surface area is 124 Å². The van der Waals surface area contributed by atoms with Gasteiger partial charge in [0.15, 0.2) is 0 Å². The molecule has 2 heterocycles. The number of nitrogens with one attached hydrogen (secondary N) is 2. The average molecular weight is 296 g/mol. The summed E-state index contributed by atoms with van der Waals surface area (Å²) in [6.45, 7) is 5.43. The predicted molar refractivity (Wildman–Crippen MR) is 77.2 cm³/mol. The van der Waals surface area contributed by atoms with E-state index in [0.717, 1.165) is 6.42 Å². The minimum atomic E-state index is -0.829. The van der Waals surface area contributed by atoms with E-state index in [4.69, 9.17) is 5.73 Å². The van der Waals surface area contributed by atoms with Gasteiger partial charge in [0, 0.05) is 19.6 Å². The highest BCUT2D eigenvalue weighted by atomic mass is 16.2. The molecule has 1 unspecified atom stereocenters. The van der Waals surface area contributed by atoms with E-state index in [1.54, 1.807) is 4.90 Å². The number of hydrogen-bond acceptors (Lipinski definition) is 4. The molecule has 4 N–H and O–H groups in total. The smallest absolute Gasteiger partial charge is 0.322 e. The average Bonchev–Trinajstić information content (AvgIpc) is 2.70. The molecular weight excluding hydrogens is 272 g/mol. The number of likely N-dealkylation sites (tertiary alicyclic amines) is 1. The molecule has 1 spiro atoms. The van der Waals surface area contributed by atoms with Gasteiger partial charge in [-0.3, -0.25) is 14.9 Å². The van der Waals surface area contributed by atoms with E-state index in [1.165, 1.54) is 0 Å². The third-order valence-corrected chi connectivity index (χ3v) is 4.33. The van der Waals surface area contributed by atoms with Crippen LogP contribution < -0.4 is 16.4 Å². The molecule has 0 aromatic carbocycles. The van der Waals surface area contributed by atoms with Crippen LogP contribution in [0.5, 0.6) is 0 Å². The van der Waals surface area contributed by atoms with Crippen molar-refractivity contribution in [2.75, 3.05) is 19.6 Å². The van der Waals surface area contributed by atoms with Crippen molar-refractivity contribution >= 4 is 17.8 Å². The molecule has 0 aromatic rings. The zero-order valence-electron chi connectivity index (χ0n) is 12.6. The largest absolute Gasteiger partial charge is 0.342 e. The number of urea groups is 1. The maximum atomic E-state index is 12.5. The van der Waals surface area contributed by atoms with Crippen LogP contribution in [-0.4, -0.2) is 47.9 Å². The summed E-state index contributed by atoms with van der Waals surface area (Å²) < 4.78 is 0. The van der Waals surface area contributed by atoms with E-state index in [-0.39, 0.29) is 17.7 Å². The van der Waals surface area contributed by atoms with E-state index in [2.05, 4.69) is 24.5 Å². The summed E-state index contributed by atoms with van der Waals surface area (Å²) in [5.41, 5.74) is 4.89. The first kappa shape index (κ1) is 15.8. The number of nitrogens with two attached hydrogens (primary N) is 1. The van der Waals surface area contributed by atoms with Gasteiger partial charge in [-0.05, 0) is 25.2 Å². The number of hydrogen-bond donors (Lipinski definition) is 3. The lowest BCUT2D eigenvalue weighted by Gasteiger charge is -2.38. The van der Waals surface area contributed by atoms with Crippen molar-refractivity contribution in [3.8, 4) is 0 Å². The summed E-state index contributed by atoms with van der Waals surface area (Å²) in [4.78, 5) is 37.4. The zero-order valence-corrected chi connectivity index (χ0v) is 12.6. The zero-order chi connectivity index (χ0) is 15.6. The number of nitrogens with zero attached hydrogens (tertiary/aromatic N) is 1. The molecule has 2 aliphatic rings. The molecule has 2 rings (SSSR count). The second-order valence-electron chi connectivity index (χ2n) is 6.38. The first-order valence-electron chi connectivity index (χ1n) is 7.50. The molecule has 0 radical (unpaired) electrons. The van der Waals surface area contributed by atoms with Gasteiger partial charge in [0.2, 0.25) is 5.91 Å². The summed E-state index contributed by atoms with van der Waals surface area (Å²) in [5.74, 6) is 0.0347. The quantitative estimate of drug-likeness (QED) is 0.625. The van der Waals surface area contributed by atoms with E-state index in [0.29, 0.717) is 38.4 Å². The van der Waals surface area contributed by atoms with E-state index >= 15 is 0 Å². The van der Waals surface area contributed by atoms with Crippen LogP contribution in [0.15, 0.2) is 0 Å². The Morgan fingerprint density at radius 2 is 1.95 bits per heavy atom. The molecule has 0 saturated carbocycles. The Bertz CT molecular complexity index is 442. The van der Waals surface area contributed by atoms with Crippen LogP contribution >= 0.6 is 0 Å². The molecule has 4 amide bonds. The van der Waals surface area contributed by atoms with Crippen molar-refractivity contribution in [1.82, 2.24) is 15.5 Å². The molecule has 1 atom stereocenters.